The molecular weight excluding hydrogens is 1120 g/mol. The Kier molecular flexibility index (Phi) is 18.3. The summed E-state index contributed by atoms with van der Waals surface area (Å²) in [6.07, 6.45) is 2.90. The Bertz CT molecular complexity index is 3500. The Morgan fingerprint density at radius 2 is 1.61 bits per heavy atom. The van der Waals surface area contributed by atoms with E-state index < -0.39 is 23.9 Å². The highest BCUT2D eigenvalue weighted by Crippen LogP contribution is 2.47. The number of benzene rings is 4. The number of methoxy groups -OCH3 is 1. The largest absolute Gasteiger partial charge is 0.497 e. The van der Waals surface area contributed by atoms with Gasteiger partial charge in [-0.05, 0) is 104 Å². The van der Waals surface area contributed by atoms with Crippen molar-refractivity contribution in [3.05, 3.63) is 152 Å². The van der Waals surface area contributed by atoms with Gasteiger partial charge < -0.3 is 49.6 Å². The summed E-state index contributed by atoms with van der Waals surface area (Å²) in [5.74, 6) is 0.414. The fourth-order valence-corrected chi connectivity index (χ4v) is 11.5. The van der Waals surface area contributed by atoms with Crippen LogP contribution < -0.4 is 25.4 Å². The molecule has 0 saturated carbocycles. The maximum atomic E-state index is 15.1. The van der Waals surface area contributed by atoms with Crippen molar-refractivity contribution in [3.63, 3.8) is 0 Å². The van der Waals surface area contributed by atoms with Crippen LogP contribution in [-0.2, 0) is 32.2 Å². The number of anilines is 2. The molecule has 10 rings (SSSR count). The smallest absolute Gasteiger partial charge is 0.326 e. The van der Waals surface area contributed by atoms with Gasteiger partial charge in [0.1, 0.15) is 53.3 Å². The summed E-state index contributed by atoms with van der Waals surface area (Å²) in [7, 11) is 3.21. The third-order valence-corrected chi connectivity index (χ3v) is 15.8. The average Bonchev–Trinajstić information content (AvgIpc) is 2.47. The minimum absolute atomic E-state index is 0.0340. The van der Waals surface area contributed by atoms with Gasteiger partial charge in [0.05, 0.1) is 81.8 Å². The van der Waals surface area contributed by atoms with E-state index >= 15 is 4.79 Å². The Morgan fingerprint density at radius 3 is 2.32 bits per heavy atom. The number of ether oxygens (including phenoxy) is 4. The number of nitrogen functional groups attached to an aromatic ring is 1. The van der Waals surface area contributed by atoms with E-state index in [1.807, 2.05) is 55.1 Å². The number of aliphatic imine (C=N–C) groups is 1. The minimum atomic E-state index is -0.640. The molecule has 0 unspecified atom stereocenters. The Morgan fingerprint density at radius 1 is 0.881 bits per heavy atom. The molecule has 4 aliphatic heterocycles. The average molecular weight is 1180 g/mol. The van der Waals surface area contributed by atoms with Crippen molar-refractivity contribution in [2.45, 2.75) is 70.4 Å². The molecule has 23 heteroatoms. The summed E-state index contributed by atoms with van der Waals surface area (Å²) < 4.78 is 39.7. The molecule has 3 atom stereocenters. The molecule has 0 radical (unpaired) electrons. The van der Waals surface area contributed by atoms with Crippen molar-refractivity contribution in [2.75, 3.05) is 90.5 Å². The summed E-state index contributed by atoms with van der Waals surface area (Å²) in [6.45, 7) is 6.18. The zero-order chi connectivity index (χ0) is 59.2. The van der Waals surface area contributed by atoms with E-state index in [1.165, 1.54) is 27.8 Å². The fraction of sp³-hybridized carbons (Fsp3) is 0.377. The maximum absolute atomic E-state index is 15.1. The number of fused-ring (bicyclic) bond motifs is 8. The van der Waals surface area contributed by atoms with Gasteiger partial charge in [0.25, 0.3) is 5.91 Å². The Balaban J connectivity index is 0.712. The lowest BCUT2D eigenvalue weighted by molar-refractivity contribution is -0.135. The predicted octanol–water partition coefficient (Wildman–Crippen LogP) is 8.62. The van der Waals surface area contributed by atoms with Crippen LogP contribution in [0.4, 0.5) is 20.7 Å². The highest BCUT2D eigenvalue weighted by Gasteiger charge is 2.46. The number of nitriles is 1. The van der Waals surface area contributed by atoms with Crippen molar-refractivity contribution in [2.24, 2.45) is 4.99 Å². The summed E-state index contributed by atoms with van der Waals surface area (Å²) in [5.41, 5.74) is 12.0. The maximum Gasteiger partial charge on any atom is 0.326 e. The van der Waals surface area contributed by atoms with Crippen LogP contribution in [0.15, 0.2) is 102 Å². The van der Waals surface area contributed by atoms with Gasteiger partial charge in [-0.1, -0.05) is 47.5 Å². The van der Waals surface area contributed by atoms with E-state index in [0.717, 1.165) is 17.5 Å². The van der Waals surface area contributed by atoms with E-state index in [0.29, 0.717) is 86.1 Å². The monoisotopic (exact) mass is 1180 g/mol. The molecular formula is C61H65Cl2FN12O8. The van der Waals surface area contributed by atoms with Crippen LogP contribution >= 0.6 is 23.2 Å². The van der Waals surface area contributed by atoms with E-state index in [2.05, 4.69) is 16.4 Å². The Labute approximate surface area is 496 Å². The number of carbonyl (C=O) groups excluding carboxylic acids is 4. The van der Waals surface area contributed by atoms with Gasteiger partial charge in [-0.2, -0.15) is 10.4 Å². The number of hydrogen-bond donors (Lipinski definition) is 2. The molecule has 438 valence electrons. The standard InChI is InChI=1S/C61H65Cl2FN12O8/c1-37(2)84-52-32-44(81-4)16-18-46(52)59-69-56(38-7-11-41(62)12-8-38)57(39-9-13-42(63)14-10-39)76(59)61(80)73-24-23-72(54(78)36-73)25-27-83-29-28-82-26-19-53(77)67-20-22-75-51(33-65)55-40-30-50(58(66)68-34-40)74-21-5-6-49(74)47-31-43(64)15-17-45(47)60(79)71(3)35-48(55)70-75/h7-18,30-32,34,37,49,56-57H,5-6,19-29,35-36H2,1-4H3,(H2,66,68)(H,67,77)/t49-,56+,57-/m1/s1. The van der Waals surface area contributed by atoms with Gasteiger partial charge in [-0.15, -0.1) is 0 Å². The number of carbonyl (C=O) groups is 4. The SMILES string of the molecule is COc1ccc(C2=N[C@@H](c3ccc(Cl)cc3)[C@@H](c3ccc(Cl)cc3)N2C(=O)N2CCN(CCOCCOCCC(=O)NCCn3nc4c(c3C#N)-c3cnc(N)c(c3)N3CCC[C@@H]3c3cc(F)ccc3C(=O)N(C)C4)C(=O)C2)c(OC(C)C)c1. The number of pyridine rings is 1. The molecule has 3 N–H and O–H groups in total. The molecule has 20 nitrogen and oxygen atoms in total. The third kappa shape index (κ3) is 12.8. The molecule has 2 fully saturated rings. The number of nitrogens with one attached hydrogen (secondary N) is 1. The van der Waals surface area contributed by atoms with Crippen LogP contribution in [0.2, 0.25) is 10.0 Å². The molecule has 2 saturated heterocycles. The number of aromatic nitrogens is 3. The number of rotatable bonds is 18. The number of nitrogens with two attached hydrogens (primary N) is 1. The van der Waals surface area contributed by atoms with Crippen LogP contribution in [0.5, 0.6) is 11.5 Å². The fourth-order valence-electron chi connectivity index (χ4n) is 11.2. The van der Waals surface area contributed by atoms with Gasteiger partial charge in [0.15, 0.2) is 0 Å². The van der Waals surface area contributed by atoms with Crippen molar-refractivity contribution < 1.29 is 42.5 Å². The summed E-state index contributed by atoms with van der Waals surface area (Å²) in [4.78, 5) is 74.1. The normalized spacial score (nSPS) is 17.7. The van der Waals surface area contributed by atoms with Crippen LogP contribution in [0, 0.1) is 17.1 Å². The number of halogens is 3. The zero-order valence-electron chi connectivity index (χ0n) is 47.1. The number of nitrogens with zero attached hydrogens (tertiary/aromatic N) is 10. The van der Waals surface area contributed by atoms with E-state index in [4.69, 9.17) is 58.0 Å². The van der Waals surface area contributed by atoms with Crippen LogP contribution in [0.1, 0.15) is 95.2 Å². The van der Waals surface area contributed by atoms with Gasteiger partial charge in [0, 0.05) is 85.2 Å². The molecule has 2 aromatic heterocycles. The molecule has 84 heavy (non-hydrogen) atoms. The molecule has 4 aromatic carbocycles. The highest BCUT2D eigenvalue weighted by atomic mass is 35.5. The molecule has 5 amide bonds. The van der Waals surface area contributed by atoms with Crippen molar-refractivity contribution in [1.29, 1.82) is 5.26 Å². The van der Waals surface area contributed by atoms with Gasteiger partial charge >= 0.3 is 6.03 Å². The predicted molar refractivity (Wildman–Crippen MR) is 314 cm³/mol. The first kappa shape index (κ1) is 58.9. The molecule has 0 spiro atoms. The zero-order valence-corrected chi connectivity index (χ0v) is 48.6. The Hall–Kier alpha value is -8.29. The van der Waals surface area contributed by atoms with Gasteiger partial charge in [0.2, 0.25) is 11.8 Å². The lowest BCUT2D eigenvalue weighted by Gasteiger charge is -2.38. The molecule has 4 aliphatic rings. The second kappa shape index (κ2) is 26.1. The number of piperazine rings is 1. The van der Waals surface area contributed by atoms with Crippen molar-refractivity contribution >= 4 is 64.3 Å². The lowest BCUT2D eigenvalue weighted by Crippen LogP contribution is -2.56. The molecule has 0 aliphatic carbocycles. The highest BCUT2D eigenvalue weighted by molar-refractivity contribution is 6.30. The number of amidine groups is 1. The van der Waals surface area contributed by atoms with Crippen LogP contribution in [-0.4, -0.2) is 150 Å². The first-order valence-corrected chi connectivity index (χ1v) is 28.6. The second-order valence-electron chi connectivity index (χ2n) is 21.1. The first-order valence-electron chi connectivity index (χ1n) is 27.9. The second-order valence-corrected chi connectivity index (χ2v) is 22.0. The van der Waals surface area contributed by atoms with E-state index in [1.54, 1.807) is 71.5 Å². The van der Waals surface area contributed by atoms with Crippen LogP contribution in [0.25, 0.3) is 11.1 Å². The summed E-state index contributed by atoms with van der Waals surface area (Å²) >= 11 is 12.7. The number of urea groups is 1. The van der Waals surface area contributed by atoms with Crippen molar-refractivity contribution in [1.82, 2.24) is 39.7 Å². The molecule has 6 heterocycles. The van der Waals surface area contributed by atoms with E-state index in [9.17, 15) is 24.0 Å². The van der Waals surface area contributed by atoms with E-state index in [-0.39, 0.29) is 113 Å². The third-order valence-electron chi connectivity index (χ3n) is 15.3. The molecule has 6 aromatic rings. The van der Waals surface area contributed by atoms with Gasteiger partial charge in [-0.25, -0.2) is 14.2 Å². The first-order chi connectivity index (χ1) is 40.6. The molecule has 2 bridgehead atoms. The number of amides is 5. The summed E-state index contributed by atoms with van der Waals surface area (Å²) in [5, 5.41) is 19.3. The van der Waals surface area contributed by atoms with Gasteiger partial charge in [-0.3, -0.25) is 29.0 Å². The minimum Gasteiger partial charge on any atom is -0.497 e. The lowest BCUT2D eigenvalue weighted by atomic mass is 9.93. The van der Waals surface area contributed by atoms with Crippen molar-refractivity contribution in [3.8, 4) is 28.7 Å². The number of hydrogen-bond acceptors (Lipinski definition) is 14. The summed E-state index contributed by atoms with van der Waals surface area (Å²) in [6, 6.07) is 26.5. The topological polar surface area (TPSA) is 226 Å². The quantitative estimate of drug-likeness (QED) is 0.0770. The van der Waals surface area contributed by atoms with Crippen LogP contribution in [0.3, 0.4) is 0 Å².